The van der Waals surface area contributed by atoms with E-state index in [0.717, 1.165) is 0 Å². The van der Waals surface area contributed by atoms with Gasteiger partial charge in [-0.15, -0.1) is 0 Å². The quantitative estimate of drug-likeness (QED) is 0.642. The second kappa shape index (κ2) is 6.43. The molecule has 1 aromatic carbocycles. The number of nitrogens with zero attached hydrogens (tertiary/aromatic N) is 1. The number of rotatable bonds is 4. The maximum absolute atomic E-state index is 11.9. The number of benzene rings is 1. The van der Waals surface area contributed by atoms with Gasteiger partial charge in [0.2, 0.25) is 5.91 Å². The SMILES string of the molecule is N[C@@H](Cc1ccc(O)c(O)c1)C(=O)Nc1ccc(Cl)cn1. The Hall–Kier alpha value is -2.31. The van der Waals surface area contributed by atoms with Crippen molar-refractivity contribution in [1.82, 2.24) is 4.98 Å². The van der Waals surface area contributed by atoms with E-state index < -0.39 is 11.9 Å². The molecular formula is C14H14ClN3O3. The van der Waals surface area contributed by atoms with Crippen LogP contribution in [0.3, 0.4) is 0 Å². The van der Waals surface area contributed by atoms with Crippen LogP contribution in [0.15, 0.2) is 36.5 Å². The standard InChI is InChI=1S/C14H14ClN3O3/c15-9-2-4-13(17-7-9)18-14(21)10(16)5-8-1-3-11(19)12(20)6-8/h1-4,6-7,10,19-20H,5,16H2,(H,17,18,21)/t10-/m0/s1. The Morgan fingerprint density at radius 2 is 2.05 bits per heavy atom. The summed E-state index contributed by atoms with van der Waals surface area (Å²) in [5, 5.41) is 21.7. The number of nitrogens with two attached hydrogens (primary N) is 1. The smallest absolute Gasteiger partial charge is 0.242 e. The Bertz CT molecular complexity index is 646. The zero-order valence-electron chi connectivity index (χ0n) is 11.0. The molecule has 0 aliphatic carbocycles. The van der Waals surface area contributed by atoms with Crippen LogP contribution in [0.25, 0.3) is 0 Å². The number of aromatic hydroxyl groups is 2. The highest BCUT2D eigenvalue weighted by Gasteiger charge is 2.15. The summed E-state index contributed by atoms with van der Waals surface area (Å²) < 4.78 is 0. The van der Waals surface area contributed by atoms with Gasteiger partial charge in [-0.3, -0.25) is 4.79 Å². The van der Waals surface area contributed by atoms with Gasteiger partial charge in [0.1, 0.15) is 5.82 Å². The Morgan fingerprint density at radius 3 is 2.67 bits per heavy atom. The number of amides is 1. The van der Waals surface area contributed by atoms with Gasteiger partial charge in [-0.2, -0.15) is 0 Å². The second-order valence-corrected chi connectivity index (χ2v) is 4.92. The highest BCUT2D eigenvalue weighted by molar-refractivity contribution is 6.30. The van der Waals surface area contributed by atoms with E-state index in [1.807, 2.05) is 0 Å². The van der Waals surface area contributed by atoms with Crippen molar-refractivity contribution in [1.29, 1.82) is 0 Å². The van der Waals surface area contributed by atoms with E-state index in [1.165, 1.54) is 18.3 Å². The first-order chi connectivity index (χ1) is 9.95. The molecule has 1 amide bonds. The lowest BCUT2D eigenvalue weighted by atomic mass is 10.1. The number of halogens is 1. The summed E-state index contributed by atoms with van der Waals surface area (Å²) in [6, 6.07) is 6.65. The average molecular weight is 308 g/mol. The minimum absolute atomic E-state index is 0.216. The molecule has 1 aromatic heterocycles. The zero-order valence-corrected chi connectivity index (χ0v) is 11.7. The Balaban J connectivity index is 1.98. The fourth-order valence-corrected chi connectivity index (χ4v) is 1.82. The lowest BCUT2D eigenvalue weighted by Gasteiger charge is -2.12. The summed E-state index contributed by atoms with van der Waals surface area (Å²) in [5.41, 5.74) is 6.44. The van der Waals surface area contributed by atoms with Gasteiger partial charge in [0.15, 0.2) is 11.5 Å². The van der Waals surface area contributed by atoms with Crippen molar-refractivity contribution in [2.75, 3.05) is 5.32 Å². The van der Waals surface area contributed by atoms with Crippen molar-refractivity contribution >= 4 is 23.3 Å². The number of phenols is 2. The molecule has 0 aliphatic rings. The summed E-state index contributed by atoms with van der Waals surface area (Å²) in [6.45, 7) is 0. The van der Waals surface area contributed by atoms with Crippen molar-refractivity contribution in [2.24, 2.45) is 5.73 Å². The van der Waals surface area contributed by atoms with E-state index in [9.17, 15) is 15.0 Å². The molecule has 0 unspecified atom stereocenters. The van der Waals surface area contributed by atoms with Crippen LogP contribution >= 0.6 is 11.6 Å². The predicted molar refractivity (Wildman–Crippen MR) is 79.3 cm³/mol. The molecule has 110 valence electrons. The minimum Gasteiger partial charge on any atom is -0.504 e. The van der Waals surface area contributed by atoms with E-state index in [4.69, 9.17) is 17.3 Å². The highest BCUT2D eigenvalue weighted by Crippen LogP contribution is 2.25. The number of hydrogen-bond donors (Lipinski definition) is 4. The number of hydrogen-bond acceptors (Lipinski definition) is 5. The van der Waals surface area contributed by atoms with Gasteiger partial charge < -0.3 is 21.3 Å². The molecule has 21 heavy (non-hydrogen) atoms. The molecule has 0 saturated heterocycles. The summed E-state index contributed by atoms with van der Waals surface area (Å²) in [5.74, 6) is -0.521. The molecule has 6 nitrogen and oxygen atoms in total. The van der Waals surface area contributed by atoms with Gasteiger partial charge in [-0.25, -0.2) is 4.98 Å². The lowest BCUT2D eigenvalue weighted by molar-refractivity contribution is -0.117. The largest absolute Gasteiger partial charge is 0.504 e. The number of nitrogens with one attached hydrogen (secondary N) is 1. The summed E-state index contributed by atoms with van der Waals surface area (Å²) in [4.78, 5) is 15.9. The summed E-state index contributed by atoms with van der Waals surface area (Å²) >= 11 is 5.70. The molecule has 0 radical (unpaired) electrons. The monoisotopic (exact) mass is 307 g/mol. The first-order valence-corrected chi connectivity index (χ1v) is 6.52. The molecule has 5 N–H and O–H groups in total. The number of phenolic OH excluding ortho intramolecular Hbond substituents is 2. The van der Waals surface area contributed by atoms with Crippen molar-refractivity contribution in [3.05, 3.63) is 47.1 Å². The highest BCUT2D eigenvalue weighted by atomic mass is 35.5. The van der Waals surface area contributed by atoms with E-state index in [1.54, 1.807) is 18.2 Å². The topological polar surface area (TPSA) is 108 Å². The summed E-state index contributed by atoms with van der Waals surface area (Å²) in [6.07, 6.45) is 1.63. The first-order valence-electron chi connectivity index (χ1n) is 6.14. The number of carbonyl (C=O) groups is 1. The fraction of sp³-hybridized carbons (Fsp3) is 0.143. The molecule has 1 atom stereocenters. The van der Waals surface area contributed by atoms with Crippen LogP contribution in [0, 0.1) is 0 Å². The molecule has 0 fully saturated rings. The van der Waals surface area contributed by atoms with Crippen molar-refractivity contribution in [2.45, 2.75) is 12.5 Å². The molecular weight excluding hydrogens is 294 g/mol. The Labute approximate surface area is 126 Å². The van der Waals surface area contributed by atoms with Gasteiger partial charge in [-0.1, -0.05) is 17.7 Å². The molecule has 0 bridgehead atoms. The van der Waals surface area contributed by atoms with E-state index >= 15 is 0 Å². The molecule has 0 spiro atoms. The van der Waals surface area contributed by atoms with Crippen LogP contribution in [0.1, 0.15) is 5.56 Å². The third-order valence-electron chi connectivity index (χ3n) is 2.81. The third kappa shape index (κ3) is 4.08. The van der Waals surface area contributed by atoms with Crippen LogP contribution < -0.4 is 11.1 Å². The van der Waals surface area contributed by atoms with Crippen molar-refractivity contribution < 1.29 is 15.0 Å². The normalized spacial score (nSPS) is 11.9. The number of pyridine rings is 1. The van der Waals surface area contributed by atoms with E-state index in [2.05, 4.69) is 10.3 Å². The fourth-order valence-electron chi connectivity index (χ4n) is 1.71. The minimum atomic E-state index is -0.813. The average Bonchev–Trinajstić information content (AvgIpc) is 2.45. The predicted octanol–water partition coefficient (Wildman–Crippen LogP) is 1.65. The molecule has 2 aromatic rings. The lowest BCUT2D eigenvalue weighted by Crippen LogP contribution is -2.37. The molecule has 2 rings (SSSR count). The van der Waals surface area contributed by atoms with Crippen molar-refractivity contribution in [3.63, 3.8) is 0 Å². The van der Waals surface area contributed by atoms with Crippen LogP contribution in [-0.4, -0.2) is 27.1 Å². The molecule has 0 saturated carbocycles. The van der Waals surface area contributed by atoms with Gasteiger partial charge in [0, 0.05) is 6.20 Å². The van der Waals surface area contributed by atoms with E-state index in [-0.39, 0.29) is 17.9 Å². The van der Waals surface area contributed by atoms with Gasteiger partial charge in [-0.05, 0) is 36.2 Å². The van der Waals surface area contributed by atoms with Gasteiger partial charge in [0.25, 0.3) is 0 Å². The zero-order chi connectivity index (χ0) is 15.4. The number of aromatic nitrogens is 1. The van der Waals surface area contributed by atoms with Gasteiger partial charge >= 0.3 is 0 Å². The van der Waals surface area contributed by atoms with Gasteiger partial charge in [0.05, 0.1) is 11.1 Å². The maximum atomic E-state index is 11.9. The number of carbonyl (C=O) groups excluding carboxylic acids is 1. The molecule has 0 aliphatic heterocycles. The Morgan fingerprint density at radius 1 is 1.29 bits per heavy atom. The van der Waals surface area contributed by atoms with Crippen LogP contribution in [0.2, 0.25) is 5.02 Å². The maximum Gasteiger partial charge on any atom is 0.242 e. The summed E-state index contributed by atoms with van der Waals surface area (Å²) in [7, 11) is 0. The van der Waals surface area contributed by atoms with Crippen LogP contribution in [0.5, 0.6) is 11.5 Å². The van der Waals surface area contributed by atoms with Crippen molar-refractivity contribution in [3.8, 4) is 11.5 Å². The first kappa shape index (κ1) is 15.1. The second-order valence-electron chi connectivity index (χ2n) is 4.48. The van der Waals surface area contributed by atoms with Crippen LogP contribution in [-0.2, 0) is 11.2 Å². The van der Waals surface area contributed by atoms with E-state index in [0.29, 0.717) is 16.4 Å². The molecule has 7 heteroatoms. The van der Waals surface area contributed by atoms with Crippen LogP contribution in [0.4, 0.5) is 5.82 Å². The Kier molecular flexibility index (Phi) is 4.62. The number of anilines is 1. The third-order valence-corrected chi connectivity index (χ3v) is 3.03. The molecule has 1 heterocycles.